The topological polar surface area (TPSA) is 49.4 Å². The van der Waals surface area contributed by atoms with Crippen LogP contribution in [0.4, 0.5) is 5.69 Å². The van der Waals surface area contributed by atoms with Crippen molar-refractivity contribution in [2.75, 3.05) is 24.2 Å². The van der Waals surface area contributed by atoms with Crippen LogP contribution in [0.3, 0.4) is 0 Å². The van der Waals surface area contributed by atoms with Gasteiger partial charge >= 0.3 is 0 Å². The van der Waals surface area contributed by atoms with Crippen molar-refractivity contribution in [1.29, 1.82) is 0 Å². The summed E-state index contributed by atoms with van der Waals surface area (Å²) in [5.74, 6) is 0.365. The fraction of sp³-hybridized carbons (Fsp3) is 0.300. The molecule has 0 bridgehead atoms. The Morgan fingerprint density at radius 1 is 1.07 bits per heavy atom. The zero-order valence-electron chi connectivity index (χ0n) is 14.5. The van der Waals surface area contributed by atoms with Crippen molar-refractivity contribution in [2.24, 2.45) is 0 Å². The van der Waals surface area contributed by atoms with Crippen LogP contribution in [0, 0.1) is 0 Å². The normalized spacial score (nSPS) is 17.7. The van der Waals surface area contributed by atoms with E-state index in [1.54, 1.807) is 18.2 Å². The number of anilines is 1. The van der Waals surface area contributed by atoms with Crippen LogP contribution >= 0.6 is 35.0 Å². The highest BCUT2D eigenvalue weighted by atomic mass is 35.5. The van der Waals surface area contributed by atoms with Crippen LogP contribution in [0.5, 0.6) is 0 Å². The molecule has 1 spiro atoms. The summed E-state index contributed by atoms with van der Waals surface area (Å²) in [6.07, 6.45) is 1.28. The molecule has 0 unspecified atom stereocenters. The van der Waals surface area contributed by atoms with Crippen LogP contribution in [0.15, 0.2) is 47.4 Å². The molecular weight excluding hydrogens is 403 g/mol. The maximum atomic E-state index is 12.6. The predicted molar refractivity (Wildman–Crippen MR) is 110 cm³/mol. The monoisotopic (exact) mass is 420 g/mol. The number of rotatable bonds is 3. The van der Waals surface area contributed by atoms with E-state index >= 15 is 0 Å². The number of likely N-dealkylation sites (tertiary alicyclic amines) is 1. The summed E-state index contributed by atoms with van der Waals surface area (Å²) in [5, 5.41) is 4.09. The van der Waals surface area contributed by atoms with Crippen molar-refractivity contribution < 1.29 is 9.59 Å². The van der Waals surface area contributed by atoms with Crippen molar-refractivity contribution in [2.45, 2.75) is 23.2 Å². The summed E-state index contributed by atoms with van der Waals surface area (Å²) in [6.45, 7) is 1.13. The zero-order valence-corrected chi connectivity index (χ0v) is 16.8. The second-order valence-electron chi connectivity index (χ2n) is 6.80. The van der Waals surface area contributed by atoms with Crippen molar-refractivity contribution in [3.8, 4) is 0 Å². The molecule has 140 valence electrons. The molecule has 4 nitrogen and oxygen atoms in total. The second kappa shape index (κ2) is 7.38. The molecule has 1 N–H and O–H groups in total. The fourth-order valence-electron chi connectivity index (χ4n) is 3.85. The first-order valence-electron chi connectivity index (χ1n) is 8.77. The van der Waals surface area contributed by atoms with Gasteiger partial charge in [-0.05, 0) is 36.6 Å². The maximum Gasteiger partial charge on any atom is 0.235 e. The number of nitrogens with zero attached hydrogens (tertiary/aromatic N) is 1. The minimum atomic E-state index is -0.507. The molecule has 0 aliphatic carbocycles. The summed E-state index contributed by atoms with van der Waals surface area (Å²) in [6, 6.07) is 13.1. The van der Waals surface area contributed by atoms with Gasteiger partial charge < -0.3 is 10.2 Å². The van der Waals surface area contributed by atoms with Gasteiger partial charge in [-0.3, -0.25) is 9.59 Å². The minimum Gasteiger partial charge on any atom is -0.342 e. The molecule has 2 aromatic carbocycles. The maximum absolute atomic E-state index is 12.6. The Bertz CT molecular complexity index is 890. The number of thioether (sulfide) groups is 1. The molecular formula is C20H18Cl2N2O2S. The molecule has 1 fully saturated rings. The Morgan fingerprint density at radius 2 is 1.74 bits per heavy atom. The molecule has 2 amide bonds. The van der Waals surface area contributed by atoms with Gasteiger partial charge in [-0.2, -0.15) is 0 Å². The Labute approximate surface area is 172 Å². The average molecular weight is 421 g/mol. The van der Waals surface area contributed by atoms with Gasteiger partial charge in [0.15, 0.2) is 0 Å². The smallest absolute Gasteiger partial charge is 0.235 e. The number of fused-ring (bicyclic) bond motifs is 2. The summed E-state index contributed by atoms with van der Waals surface area (Å²) >= 11 is 13.7. The lowest BCUT2D eigenvalue weighted by molar-refractivity contribution is -0.132. The molecule has 2 heterocycles. The highest BCUT2D eigenvalue weighted by Gasteiger charge is 2.48. The SMILES string of the molecule is O=C(CSc1c(Cl)cccc1Cl)N1CCC2(CC1)C(=O)Nc1ccccc12. The van der Waals surface area contributed by atoms with Gasteiger partial charge in [0.2, 0.25) is 11.8 Å². The lowest BCUT2D eigenvalue weighted by Crippen LogP contribution is -2.48. The van der Waals surface area contributed by atoms with E-state index in [-0.39, 0.29) is 17.6 Å². The van der Waals surface area contributed by atoms with E-state index in [2.05, 4.69) is 5.32 Å². The number of halogens is 2. The number of hydrogen-bond donors (Lipinski definition) is 1. The number of benzene rings is 2. The first-order valence-corrected chi connectivity index (χ1v) is 10.5. The van der Waals surface area contributed by atoms with E-state index < -0.39 is 5.41 Å². The molecule has 2 aliphatic heterocycles. The van der Waals surface area contributed by atoms with Crippen LogP contribution in [0.25, 0.3) is 0 Å². The number of amides is 2. The third-order valence-electron chi connectivity index (χ3n) is 5.35. The molecule has 2 aliphatic rings. The Balaban J connectivity index is 1.41. The summed E-state index contributed by atoms with van der Waals surface area (Å²) in [5.41, 5.74) is 1.44. The van der Waals surface area contributed by atoms with Gasteiger partial charge in [0.05, 0.1) is 21.2 Å². The Kier molecular flexibility index (Phi) is 5.10. The Morgan fingerprint density at radius 3 is 2.44 bits per heavy atom. The summed E-state index contributed by atoms with van der Waals surface area (Å²) < 4.78 is 0. The van der Waals surface area contributed by atoms with Gasteiger partial charge in [-0.15, -0.1) is 11.8 Å². The van der Waals surface area contributed by atoms with E-state index in [0.717, 1.165) is 16.1 Å². The molecule has 27 heavy (non-hydrogen) atoms. The number of piperidine rings is 1. The molecule has 7 heteroatoms. The average Bonchev–Trinajstić information content (AvgIpc) is 2.93. The predicted octanol–water partition coefficient (Wildman–Crippen LogP) is 4.60. The van der Waals surface area contributed by atoms with Gasteiger partial charge in [0.1, 0.15) is 0 Å². The molecule has 4 rings (SSSR count). The van der Waals surface area contributed by atoms with E-state index in [0.29, 0.717) is 36.0 Å². The Hall–Kier alpha value is -1.69. The van der Waals surface area contributed by atoms with E-state index in [1.165, 1.54) is 11.8 Å². The van der Waals surface area contributed by atoms with Gasteiger partial charge in [-0.1, -0.05) is 47.5 Å². The third-order valence-corrected chi connectivity index (χ3v) is 7.33. The lowest BCUT2D eigenvalue weighted by Gasteiger charge is -2.38. The molecule has 0 radical (unpaired) electrons. The number of para-hydroxylation sites is 1. The highest BCUT2D eigenvalue weighted by molar-refractivity contribution is 8.00. The van der Waals surface area contributed by atoms with Crippen molar-refractivity contribution in [3.05, 3.63) is 58.1 Å². The van der Waals surface area contributed by atoms with E-state index in [9.17, 15) is 9.59 Å². The van der Waals surface area contributed by atoms with Gasteiger partial charge in [0, 0.05) is 23.7 Å². The van der Waals surface area contributed by atoms with Crippen LogP contribution in [0.1, 0.15) is 18.4 Å². The van der Waals surface area contributed by atoms with Crippen LogP contribution in [-0.2, 0) is 15.0 Å². The molecule has 0 atom stereocenters. The van der Waals surface area contributed by atoms with Crippen molar-refractivity contribution in [1.82, 2.24) is 4.90 Å². The number of carbonyl (C=O) groups excluding carboxylic acids is 2. The van der Waals surface area contributed by atoms with E-state index in [4.69, 9.17) is 23.2 Å². The van der Waals surface area contributed by atoms with Crippen LogP contribution < -0.4 is 5.32 Å². The molecule has 1 saturated heterocycles. The van der Waals surface area contributed by atoms with E-state index in [1.807, 2.05) is 29.2 Å². The van der Waals surface area contributed by atoms with Crippen molar-refractivity contribution in [3.63, 3.8) is 0 Å². The number of nitrogens with one attached hydrogen (secondary N) is 1. The van der Waals surface area contributed by atoms with Gasteiger partial charge in [0.25, 0.3) is 0 Å². The highest BCUT2D eigenvalue weighted by Crippen LogP contribution is 2.45. The molecule has 2 aromatic rings. The standard InChI is InChI=1S/C20H18Cl2N2O2S/c21-14-5-3-6-15(22)18(14)27-12-17(25)24-10-8-20(9-11-24)13-4-1-2-7-16(13)23-19(20)26/h1-7H,8-12H2,(H,23,26). The number of hydrogen-bond acceptors (Lipinski definition) is 3. The third kappa shape index (κ3) is 3.33. The van der Waals surface area contributed by atoms with Crippen LogP contribution in [-0.4, -0.2) is 35.6 Å². The van der Waals surface area contributed by atoms with Gasteiger partial charge in [-0.25, -0.2) is 0 Å². The second-order valence-corrected chi connectivity index (χ2v) is 8.60. The molecule has 0 aromatic heterocycles. The number of carbonyl (C=O) groups is 2. The first-order chi connectivity index (χ1) is 13.0. The fourth-order valence-corrected chi connectivity index (χ4v) is 5.44. The summed E-state index contributed by atoms with van der Waals surface area (Å²) in [7, 11) is 0. The lowest BCUT2D eigenvalue weighted by atomic mass is 9.73. The largest absolute Gasteiger partial charge is 0.342 e. The van der Waals surface area contributed by atoms with Crippen molar-refractivity contribution >= 4 is 52.5 Å². The minimum absolute atomic E-state index is 0.0394. The summed E-state index contributed by atoms with van der Waals surface area (Å²) in [4.78, 5) is 27.8. The first kappa shape index (κ1) is 18.7. The van der Waals surface area contributed by atoms with Crippen LogP contribution in [0.2, 0.25) is 10.0 Å². The molecule has 0 saturated carbocycles. The quantitative estimate of drug-likeness (QED) is 0.738. The zero-order chi connectivity index (χ0) is 19.0.